The van der Waals surface area contributed by atoms with E-state index in [9.17, 15) is 4.39 Å². The molecule has 78 valence electrons. The fourth-order valence-corrected chi connectivity index (χ4v) is 1.55. The quantitative estimate of drug-likeness (QED) is 0.716. The van der Waals surface area contributed by atoms with Crippen LogP contribution in [0, 0.1) is 5.82 Å². The lowest BCUT2D eigenvalue weighted by Crippen LogP contribution is -2.11. The van der Waals surface area contributed by atoms with Gasteiger partial charge in [0.1, 0.15) is 5.82 Å². The Hall–Kier alpha value is -0.890. The van der Waals surface area contributed by atoms with Gasteiger partial charge >= 0.3 is 0 Å². The van der Waals surface area contributed by atoms with Crippen molar-refractivity contribution < 1.29 is 4.39 Å². The van der Waals surface area contributed by atoms with E-state index in [2.05, 4.69) is 6.92 Å². The average molecular weight is 195 g/mol. The highest BCUT2D eigenvalue weighted by Gasteiger charge is 2.09. The fourth-order valence-electron chi connectivity index (χ4n) is 1.55. The van der Waals surface area contributed by atoms with Crippen LogP contribution < -0.4 is 5.73 Å². The first-order valence-electron chi connectivity index (χ1n) is 5.25. The molecular formula is C12H18FN. The highest BCUT2D eigenvalue weighted by molar-refractivity contribution is 5.20. The third-order valence-corrected chi connectivity index (χ3v) is 2.42. The van der Waals surface area contributed by atoms with Crippen LogP contribution in [0.1, 0.15) is 44.2 Å². The lowest BCUT2D eigenvalue weighted by atomic mass is 10.0. The Morgan fingerprint density at radius 2 is 2.00 bits per heavy atom. The van der Waals surface area contributed by atoms with Crippen molar-refractivity contribution in [2.45, 2.75) is 38.6 Å². The second-order valence-corrected chi connectivity index (χ2v) is 3.62. The second-order valence-electron chi connectivity index (χ2n) is 3.62. The molecule has 1 rings (SSSR count). The molecule has 0 saturated carbocycles. The summed E-state index contributed by atoms with van der Waals surface area (Å²) in [5.74, 6) is -0.184. The zero-order valence-corrected chi connectivity index (χ0v) is 8.67. The normalized spacial score (nSPS) is 12.8. The van der Waals surface area contributed by atoms with E-state index >= 15 is 0 Å². The Kier molecular flexibility index (Phi) is 4.60. The van der Waals surface area contributed by atoms with Gasteiger partial charge in [-0.25, -0.2) is 4.39 Å². The molecule has 1 unspecified atom stereocenters. The molecule has 0 heterocycles. The number of halogens is 1. The zero-order valence-electron chi connectivity index (χ0n) is 8.67. The maximum absolute atomic E-state index is 13.3. The van der Waals surface area contributed by atoms with Gasteiger partial charge in [0.15, 0.2) is 0 Å². The molecule has 14 heavy (non-hydrogen) atoms. The molecule has 0 aromatic heterocycles. The van der Waals surface area contributed by atoms with Crippen LogP contribution in [0.25, 0.3) is 0 Å². The van der Waals surface area contributed by atoms with Crippen LogP contribution in [0.3, 0.4) is 0 Å². The van der Waals surface area contributed by atoms with E-state index in [1.54, 1.807) is 12.1 Å². The van der Waals surface area contributed by atoms with Crippen LogP contribution in [-0.2, 0) is 0 Å². The summed E-state index contributed by atoms with van der Waals surface area (Å²) in [4.78, 5) is 0. The summed E-state index contributed by atoms with van der Waals surface area (Å²) in [5.41, 5.74) is 6.54. The third kappa shape index (κ3) is 3.11. The molecule has 2 N–H and O–H groups in total. The highest BCUT2D eigenvalue weighted by atomic mass is 19.1. The standard InChI is InChI=1S/C12H18FN/c1-2-3-4-9-12(14)10-7-5-6-8-11(10)13/h5-8,12H,2-4,9,14H2,1H3. The van der Waals surface area contributed by atoms with Crippen molar-refractivity contribution in [1.82, 2.24) is 0 Å². The van der Waals surface area contributed by atoms with Crippen LogP contribution in [0.2, 0.25) is 0 Å². The minimum atomic E-state index is -0.184. The molecule has 0 spiro atoms. The van der Waals surface area contributed by atoms with Crippen molar-refractivity contribution in [2.24, 2.45) is 5.73 Å². The molecule has 1 nitrogen and oxygen atoms in total. The molecule has 0 bridgehead atoms. The van der Waals surface area contributed by atoms with Crippen LogP contribution in [0.15, 0.2) is 24.3 Å². The van der Waals surface area contributed by atoms with Crippen molar-refractivity contribution in [2.75, 3.05) is 0 Å². The first kappa shape index (κ1) is 11.2. The van der Waals surface area contributed by atoms with Crippen molar-refractivity contribution in [1.29, 1.82) is 0 Å². The summed E-state index contributed by atoms with van der Waals surface area (Å²) in [6, 6.07) is 6.61. The maximum atomic E-state index is 13.3. The van der Waals surface area contributed by atoms with Crippen molar-refractivity contribution in [3.8, 4) is 0 Å². The van der Waals surface area contributed by atoms with E-state index in [0.717, 1.165) is 12.8 Å². The topological polar surface area (TPSA) is 26.0 Å². The molecule has 2 heteroatoms. The van der Waals surface area contributed by atoms with Gasteiger partial charge < -0.3 is 5.73 Å². The van der Waals surface area contributed by atoms with Gasteiger partial charge in [0.05, 0.1) is 0 Å². The molecular weight excluding hydrogens is 177 g/mol. The Labute approximate surface area is 85.1 Å². The average Bonchev–Trinajstić information content (AvgIpc) is 2.18. The monoisotopic (exact) mass is 195 g/mol. The van der Waals surface area contributed by atoms with Gasteiger partial charge in [-0.3, -0.25) is 0 Å². The van der Waals surface area contributed by atoms with Crippen LogP contribution in [0.5, 0.6) is 0 Å². The molecule has 0 amide bonds. The fraction of sp³-hybridized carbons (Fsp3) is 0.500. The van der Waals surface area contributed by atoms with Crippen molar-refractivity contribution >= 4 is 0 Å². The highest BCUT2D eigenvalue weighted by Crippen LogP contribution is 2.19. The Bertz CT molecular complexity index is 273. The van der Waals surface area contributed by atoms with Gasteiger partial charge in [-0.1, -0.05) is 44.4 Å². The smallest absolute Gasteiger partial charge is 0.127 e. The van der Waals surface area contributed by atoms with Crippen molar-refractivity contribution in [3.05, 3.63) is 35.6 Å². The van der Waals surface area contributed by atoms with E-state index in [1.165, 1.54) is 18.9 Å². The number of unbranched alkanes of at least 4 members (excludes halogenated alkanes) is 2. The number of hydrogen-bond donors (Lipinski definition) is 1. The Morgan fingerprint density at radius 3 is 2.64 bits per heavy atom. The third-order valence-electron chi connectivity index (χ3n) is 2.42. The van der Waals surface area contributed by atoms with E-state index in [-0.39, 0.29) is 11.9 Å². The first-order chi connectivity index (χ1) is 6.75. The minimum Gasteiger partial charge on any atom is -0.324 e. The molecule has 1 aromatic rings. The van der Waals surface area contributed by atoms with Gasteiger partial charge in [0.2, 0.25) is 0 Å². The summed E-state index contributed by atoms with van der Waals surface area (Å²) in [6.45, 7) is 2.15. The minimum absolute atomic E-state index is 0.150. The lowest BCUT2D eigenvalue weighted by Gasteiger charge is -2.12. The summed E-state index contributed by atoms with van der Waals surface area (Å²) in [7, 11) is 0. The van der Waals surface area contributed by atoms with Crippen molar-refractivity contribution in [3.63, 3.8) is 0 Å². The molecule has 0 radical (unpaired) electrons. The first-order valence-corrected chi connectivity index (χ1v) is 5.25. The number of nitrogens with two attached hydrogens (primary N) is 1. The van der Waals surface area contributed by atoms with Gasteiger partial charge in [-0.2, -0.15) is 0 Å². The van der Waals surface area contributed by atoms with Gasteiger partial charge in [0.25, 0.3) is 0 Å². The van der Waals surface area contributed by atoms with Gasteiger partial charge in [-0.05, 0) is 12.5 Å². The number of benzene rings is 1. The van der Waals surface area contributed by atoms with Gasteiger partial charge in [-0.15, -0.1) is 0 Å². The molecule has 0 aliphatic heterocycles. The summed E-state index contributed by atoms with van der Waals surface area (Å²) in [6.07, 6.45) is 4.28. The Balaban J connectivity index is 2.51. The lowest BCUT2D eigenvalue weighted by molar-refractivity contribution is 0.539. The van der Waals surface area contributed by atoms with E-state index in [4.69, 9.17) is 5.73 Å². The predicted molar refractivity (Wildman–Crippen MR) is 57.5 cm³/mol. The molecule has 1 atom stereocenters. The molecule has 0 aliphatic rings. The summed E-state index contributed by atoms with van der Waals surface area (Å²) >= 11 is 0. The predicted octanol–water partition coefficient (Wildman–Crippen LogP) is 3.41. The molecule has 1 aromatic carbocycles. The summed E-state index contributed by atoms with van der Waals surface area (Å²) < 4.78 is 13.3. The second kappa shape index (κ2) is 5.76. The van der Waals surface area contributed by atoms with E-state index < -0.39 is 0 Å². The number of hydrogen-bond acceptors (Lipinski definition) is 1. The van der Waals surface area contributed by atoms with Gasteiger partial charge in [0, 0.05) is 11.6 Å². The number of rotatable bonds is 5. The van der Waals surface area contributed by atoms with E-state index in [0.29, 0.717) is 5.56 Å². The molecule has 0 aliphatic carbocycles. The van der Waals surface area contributed by atoms with E-state index in [1.807, 2.05) is 6.07 Å². The van der Waals surface area contributed by atoms with Crippen LogP contribution in [-0.4, -0.2) is 0 Å². The Morgan fingerprint density at radius 1 is 1.29 bits per heavy atom. The largest absolute Gasteiger partial charge is 0.324 e. The summed E-state index contributed by atoms with van der Waals surface area (Å²) in [5, 5.41) is 0. The maximum Gasteiger partial charge on any atom is 0.127 e. The molecule has 0 fully saturated rings. The molecule has 0 saturated heterocycles. The SMILES string of the molecule is CCCCCC(N)c1ccccc1F. The van der Waals surface area contributed by atoms with Crippen LogP contribution >= 0.6 is 0 Å². The van der Waals surface area contributed by atoms with Crippen LogP contribution in [0.4, 0.5) is 4.39 Å². The zero-order chi connectivity index (χ0) is 10.4.